The van der Waals surface area contributed by atoms with Crippen molar-refractivity contribution < 1.29 is 13.2 Å². The molecule has 0 unspecified atom stereocenters. The third-order valence-corrected chi connectivity index (χ3v) is 5.91. The molecule has 2 heterocycles. The van der Waals surface area contributed by atoms with Crippen LogP contribution >= 0.6 is 0 Å². The minimum atomic E-state index is -3.01. The molecular weight excluding hydrogens is 312 g/mol. The van der Waals surface area contributed by atoms with E-state index < -0.39 is 9.84 Å². The number of amides is 1. The summed E-state index contributed by atoms with van der Waals surface area (Å²) in [6, 6.07) is 9.03. The van der Waals surface area contributed by atoms with Crippen molar-refractivity contribution in [3.63, 3.8) is 0 Å². The van der Waals surface area contributed by atoms with E-state index in [1.54, 1.807) is 0 Å². The first-order valence-corrected chi connectivity index (χ1v) is 9.59. The summed E-state index contributed by atoms with van der Waals surface area (Å²) in [5, 5.41) is 3.65. The maximum Gasteiger partial charge on any atom is 0.252 e. The fraction of sp³-hybridized carbons (Fsp3) is 0.412. The number of aromatic nitrogens is 1. The minimum Gasteiger partial charge on any atom is -0.348 e. The molecule has 1 saturated heterocycles. The van der Waals surface area contributed by atoms with Gasteiger partial charge in [0.25, 0.3) is 5.91 Å². The molecule has 3 rings (SSSR count). The Balaban J connectivity index is 1.96. The highest BCUT2D eigenvalue weighted by atomic mass is 32.2. The highest BCUT2D eigenvalue weighted by molar-refractivity contribution is 7.91. The van der Waals surface area contributed by atoms with Gasteiger partial charge in [0, 0.05) is 17.1 Å². The van der Waals surface area contributed by atoms with Crippen molar-refractivity contribution in [2.45, 2.75) is 32.2 Å². The topological polar surface area (TPSA) is 76.1 Å². The Morgan fingerprint density at radius 3 is 2.70 bits per heavy atom. The van der Waals surface area contributed by atoms with Gasteiger partial charge in [0.2, 0.25) is 0 Å². The number of nitrogens with zero attached hydrogens (tertiary/aromatic N) is 1. The van der Waals surface area contributed by atoms with Gasteiger partial charge in [-0.2, -0.15) is 0 Å². The predicted octanol–water partition coefficient (Wildman–Crippen LogP) is 2.28. The van der Waals surface area contributed by atoms with Crippen LogP contribution in [0.25, 0.3) is 10.9 Å². The lowest BCUT2D eigenvalue weighted by molar-refractivity contribution is 0.0942. The molecule has 0 saturated carbocycles. The second-order valence-corrected chi connectivity index (χ2v) is 8.57. The Morgan fingerprint density at radius 2 is 2.04 bits per heavy atom. The monoisotopic (exact) mass is 332 g/mol. The number of benzene rings is 1. The lowest BCUT2D eigenvalue weighted by Crippen LogP contribution is -2.35. The number of pyridine rings is 1. The maximum atomic E-state index is 12.7. The number of sulfone groups is 1. The Bertz CT molecular complexity index is 859. The van der Waals surface area contributed by atoms with E-state index in [2.05, 4.69) is 10.3 Å². The standard InChI is InChI=1S/C17H20N2O3S/c1-11(2)16-9-14(13-5-3-4-6-15(13)19-16)17(20)18-12-7-8-23(21,22)10-12/h3-6,9,11-12H,7-8,10H2,1-2H3,(H,18,20)/t12-/m0/s1. The molecule has 1 aliphatic rings. The Kier molecular flexibility index (Phi) is 4.10. The van der Waals surface area contributed by atoms with E-state index in [9.17, 15) is 13.2 Å². The number of nitrogens with one attached hydrogen (secondary N) is 1. The van der Waals surface area contributed by atoms with E-state index in [4.69, 9.17) is 0 Å². The van der Waals surface area contributed by atoms with Crippen molar-refractivity contribution in [1.29, 1.82) is 0 Å². The van der Waals surface area contributed by atoms with Gasteiger partial charge in [-0.3, -0.25) is 9.78 Å². The van der Waals surface area contributed by atoms with E-state index in [-0.39, 0.29) is 29.4 Å². The summed E-state index contributed by atoms with van der Waals surface area (Å²) in [7, 11) is -3.01. The van der Waals surface area contributed by atoms with Crippen molar-refractivity contribution in [2.75, 3.05) is 11.5 Å². The van der Waals surface area contributed by atoms with Crippen LogP contribution in [0.3, 0.4) is 0 Å². The quantitative estimate of drug-likeness (QED) is 0.935. The number of carbonyl (C=O) groups excluding carboxylic acids is 1. The van der Waals surface area contributed by atoms with Crippen molar-refractivity contribution in [3.05, 3.63) is 41.6 Å². The normalized spacial score (nSPS) is 20.0. The Morgan fingerprint density at radius 1 is 1.30 bits per heavy atom. The first-order chi connectivity index (χ1) is 10.9. The molecule has 1 amide bonds. The van der Waals surface area contributed by atoms with Crippen LogP contribution in [0.5, 0.6) is 0 Å². The molecule has 122 valence electrons. The third kappa shape index (κ3) is 3.37. The summed E-state index contributed by atoms with van der Waals surface area (Å²) in [4.78, 5) is 17.3. The van der Waals surface area contributed by atoms with Gasteiger partial charge in [0.1, 0.15) is 0 Å². The van der Waals surface area contributed by atoms with Crippen molar-refractivity contribution in [3.8, 4) is 0 Å². The summed E-state index contributed by atoms with van der Waals surface area (Å²) in [6.45, 7) is 4.06. The van der Waals surface area contributed by atoms with E-state index in [1.165, 1.54) is 0 Å². The van der Waals surface area contributed by atoms with Crippen LogP contribution in [0.1, 0.15) is 42.2 Å². The lowest BCUT2D eigenvalue weighted by atomic mass is 10.0. The molecule has 1 fully saturated rings. The highest BCUT2D eigenvalue weighted by Crippen LogP contribution is 2.23. The molecule has 6 heteroatoms. The van der Waals surface area contributed by atoms with Crippen molar-refractivity contribution in [1.82, 2.24) is 10.3 Å². The van der Waals surface area contributed by atoms with Gasteiger partial charge < -0.3 is 5.32 Å². The summed E-state index contributed by atoms with van der Waals surface area (Å²) < 4.78 is 23.1. The third-order valence-electron chi connectivity index (χ3n) is 4.14. The molecule has 0 radical (unpaired) electrons. The van der Waals surface area contributed by atoms with E-state index >= 15 is 0 Å². The largest absolute Gasteiger partial charge is 0.348 e. The van der Waals surface area contributed by atoms with E-state index in [0.717, 1.165) is 16.6 Å². The molecule has 0 spiro atoms. The fourth-order valence-corrected chi connectivity index (χ4v) is 4.52. The highest BCUT2D eigenvalue weighted by Gasteiger charge is 2.29. The minimum absolute atomic E-state index is 0.0266. The number of para-hydroxylation sites is 1. The molecule has 1 atom stereocenters. The maximum absolute atomic E-state index is 12.7. The second kappa shape index (κ2) is 5.92. The molecule has 2 aromatic rings. The number of carbonyl (C=O) groups is 1. The Labute approximate surface area is 136 Å². The zero-order valence-corrected chi connectivity index (χ0v) is 14.1. The van der Waals surface area contributed by atoms with Crippen LogP contribution in [0.4, 0.5) is 0 Å². The molecular formula is C17H20N2O3S. The van der Waals surface area contributed by atoms with Gasteiger partial charge in [0.05, 0.1) is 22.6 Å². The summed E-state index contributed by atoms with van der Waals surface area (Å²) in [5.41, 5.74) is 2.19. The zero-order valence-electron chi connectivity index (χ0n) is 13.2. The van der Waals surface area contributed by atoms with Gasteiger partial charge in [-0.15, -0.1) is 0 Å². The van der Waals surface area contributed by atoms with Crippen LogP contribution in [0.2, 0.25) is 0 Å². The van der Waals surface area contributed by atoms with Crippen molar-refractivity contribution >= 4 is 26.6 Å². The van der Waals surface area contributed by atoms with Gasteiger partial charge in [-0.1, -0.05) is 32.0 Å². The summed E-state index contributed by atoms with van der Waals surface area (Å²) in [5.74, 6) is 0.149. The van der Waals surface area contributed by atoms with Crippen LogP contribution in [-0.4, -0.2) is 36.9 Å². The first kappa shape index (κ1) is 15.9. The summed E-state index contributed by atoms with van der Waals surface area (Å²) >= 11 is 0. The number of fused-ring (bicyclic) bond motifs is 1. The van der Waals surface area contributed by atoms with Crippen LogP contribution in [-0.2, 0) is 9.84 Å². The van der Waals surface area contributed by atoms with Gasteiger partial charge in [-0.25, -0.2) is 8.42 Å². The lowest BCUT2D eigenvalue weighted by Gasteiger charge is -2.14. The van der Waals surface area contributed by atoms with Gasteiger partial charge in [-0.05, 0) is 24.5 Å². The van der Waals surface area contributed by atoms with Crippen LogP contribution < -0.4 is 5.32 Å². The SMILES string of the molecule is CC(C)c1cc(C(=O)N[C@H]2CCS(=O)(=O)C2)c2ccccc2n1. The molecule has 0 bridgehead atoms. The van der Waals surface area contributed by atoms with Crippen molar-refractivity contribution in [2.24, 2.45) is 0 Å². The molecule has 1 N–H and O–H groups in total. The van der Waals surface area contributed by atoms with Gasteiger partial charge in [0.15, 0.2) is 9.84 Å². The van der Waals surface area contributed by atoms with Crippen LogP contribution in [0, 0.1) is 0 Å². The average molecular weight is 332 g/mol. The molecule has 1 aromatic carbocycles. The number of hydrogen-bond acceptors (Lipinski definition) is 4. The summed E-state index contributed by atoms with van der Waals surface area (Å²) in [6.07, 6.45) is 0.480. The second-order valence-electron chi connectivity index (χ2n) is 6.34. The molecule has 1 aromatic heterocycles. The number of hydrogen-bond donors (Lipinski definition) is 1. The van der Waals surface area contributed by atoms with Gasteiger partial charge >= 0.3 is 0 Å². The zero-order chi connectivity index (χ0) is 16.6. The Hall–Kier alpha value is -1.95. The molecule has 23 heavy (non-hydrogen) atoms. The smallest absolute Gasteiger partial charge is 0.252 e. The van der Waals surface area contributed by atoms with Crippen LogP contribution in [0.15, 0.2) is 30.3 Å². The molecule has 1 aliphatic heterocycles. The average Bonchev–Trinajstić information content (AvgIpc) is 2.84. The first-order valence-electron chi connectivity index (χ1n) is 7.77. The van der Waals surface area contributed by atoms with E-state index in [1.807, 2.05) is 44.2 Å². The predicted molar refractivity (Wildman–Crippen MR) is 90.4 cm³/mol. The number of rotatable bonds is 3. The molecule has 5 nitrogen and oxygen atoms in total. The van der Waals surface area contributed by atoms with E-state index in [0.29, 0.717) is 12.0 Å². The molecule has 0 aliphatic carbocycles. The fourth-order valence-electron chi connectivity index (χ4n) is 2.85.